The van der Waals surface area contributed by atoms with Crippen LogP contribution in [0.3, 0.4) is 0 Å². The molecule has 8 nitrogen and oxygen atoms in total. The average molecular weight is 366 g/mol. The molecule has 0 aliphatic carbocycles. The fourth-order valence-corrected chi connectivity index (χ4v) is 3.86. The molecule has 1 fully saturated rings. The quantitative estimate of drug-likeness (QED) is 0.822. The van der Waals surface area contributed by atoms with Crippen LogP contribution < -0.4 is 9.64 Å². The number of nitrogens with one attached hydrogen (secondary N) is 1. The monoisotopic (exact) mass is 366 g/mol. The Morgan fingerprint density at radius 3 is 2.59 bits per heavy atom. The SMILES string of the molecule is CN1C(=O)c2ccc(N3COc4cc(C(=O)N5CCCC5)[nH]c43)cc2C1=O. The zero-order chi connectivity index (χ0) is 18.7. The molecular weight excluding hydrogens is 348 g/mol. The first kappa shape index (κ1) is 15.9. The normalized spacial score (nSPS) is 18.2. The second-order valence-electron chi connectivity index (χ2n) is 7.00. The Labute approximate surface area is 155 Å². The van der Waals surface area contributed by atoms with Crippen molar-refractivity contribution in [2.24, 2.45) is 0 Å². The number of fused-ring (bicyclic) bond motifs is 2. The number of ether oxygens (including phenoxy) is 1. The minimum Gasteiger partial charge on any atom is -0.469 e. The van der Waals surface area contributed by atoms with E-state index in [4.69, 9.17) is 4.74 Å². The molecule has 5 rings (SSSR count). The van der Waals surface area contributed by atoms with E-state index in [1.165, 1.54) is 7.05 Å². The molecule has 0 unspecified atom stereocenters. The maximum atomic E-state index is 12.6. The van der Waals surface area contributed by atoms with Gasteiger partial charge in [-0.1, -0.05) is 0 Å². The molecule has 0 bridgehead atoms. The largest absolute Gasteiger partial charge is 0.469 e. The van der Waals surface area contributed by atoms with Gasteiger partial charge in [0.25, 0.3) is 17.7 Å². The Bertz CT molecular complexity index is 990. The molecule has 3 amide bonds. The average Bonchev–Trinajstić information content (AvgIpc) is 3.44. The van der Waals surface area contributed by atoms with Gasteiger partial charge in [0.1, 0.15) is 5.69 Å². The first-order chi connectivity index (χ1) is 13.0. The van der Waals surface area contributed by atoms with Crippen molar-refractivity contribution in [2.45, 2.75) is 12.8 Å². The lowest BCUT2D eigenvalue weighted by Crippen LogP contribution is -2.28. The highest BCUT2D eigenvalue weighted by molar-refractivity contribution is 6.21. The lowest BCUT2D eigenvalue weighted by Gasteiger charge is -2.17. The molecule has 8 heteroatoms. The smallest absolute Gasteiger partial charge is 0.270 e. The van der Waals surface area contributed by atoms with Crippen LogP contribution in [0.4, 0.5) is 11.5 Å². The van der Waals surface area contributed by atoms with Gasteiger partial charge in [-0.25, -0.2) is 0 Å². The number of likely N-dealkylation sites (tertiary alicyclic amines) is 1. The second kappa shape index (κ2) is 5.60. The Kier molecular flexibility index (Phi) is 3.30. The molecule has 3 aliphatic heterocycles. The predicted octanol–water partition coefficient (Wildman–Crippen LogP) is 1.96. The molecule has 0 radical (unpaired) electrons. The zero-order valence-corrected chi connectivity index (χ0v) is 14.8. The van der Waals surface area contributed by atoms with E-state index in [0.717, 1.165) is 36.5 Å². The summed E-state index contributed by atoms with van der Waals surface area (Å²) in [7, 11) is 1.47. The van der Waals surface area contributed by atoms with E-state index in [0.29, 0.717) is 28.4 Å². The van der Waals surface area contributed by atoms with Gasteiger partial charge in [0.15, 0.2) is 18.3 Å². The Morgan fingerprint density at radius 1 is 1.07 bits per heavy atom. The van der Waals surface area contributed by atoms with E-state index in [2.05, 4.69) is 4.98 Å². The van der Waals surface area contributed by atoms with Crippen LogP contribution in [-0.2, 0) is 0 Å². The number of aromatic amines is 1. The zero-order valence-electron chi connectivity index (χ0n) is 14.8. The molecule has 27 heavy (non-hydrogen) atoms. The van der Waals surface area contributed by atoms with Crippen molar-refractivity contribution in [2.75, 3.05) is 31.8 Å². The van der Waals surface area contributed by atoms with Crippen LogP contribution in [0.15, 0.2) is 24.3 Å². The molecule has 3 aliphatic rings. The fourth-order valence-electron chi connectivity index (χ4n) is 3.86. The van der Waals surface area contributed by atoms with Crippen molar-refractivity contribution in [3.8, 4) is 5.75 Å². The minimum atomic E-state index is -0.312. The second-order valence-corrected chi connectivity index (χ2v) is 7.00. The number of hydrogen-bond donors (Lipinski definition) is 1. The highest BCUT2D eigenvalue weighted by Crippen LogP contribution is 2.40. The third-order valence-electron chi connectivity index (χ3n) is 5.39. The van der Waals surface area contributed by atoms with E-state index >= 15 is 0 Å². The number of benzene rings is 1. The summed E-state index contributed by atoms with van der Waals surface area (Å²) in [5.41, 5.74) is 2.01. The summed E-state index contributed by atoms with van der Waals surface area (Å²) < 4.78 is 5.71. The number of carbonyl (C=O) groups excluding carboxylic acids is 3. The highest BCUT2D eigenvalue weighted by Gasteiger charge is 2.35. The molecule has 1 saturated heterocycles. The number of amides is 3. The van der Waals surface area contributed by atoms with Gasteiger partial charge in [0, 0.05) is 31.9 Å². The molecule has 1 aromatic heterocycles. The third-order valence-corrected chi connectivity index (χ3v) is 5.39. The van der Waals surface area contributed by atoms with Crippen LogP contribution >= 0.6 is 0 Å². The van der Waals surface area contributed by atoms with E-state index in [-0.39, 0.29) is 24.5 Å². The van der Waals surface area contributed by atoms with Gasteiger partial charge in [-0.15, -0.1) is 0 Å². The summed E-state index contributed by atoms with van der Waals surface area (Å²) in [5, 5.41) is 0. The van der Waals surface area contributed by atoms with Gasteiger partial charge in [-0.05, 0) is 31.0 Å². The Hall–Kier alpha value is -3.29. The molecule has 0 saturated carbocycles. The summed E-state index contributed by atoms with van der Waals surface area (Å²) in [6.07, 6.45) is 2.07. The molecule has 4 heterocycles. The van der Waals surface area contributed by atoms with Crippen molar-refractivity contribution in [3.05, 3.63) is 41.1 Å². The van der Waals surface area contributed by atoms with Gasteiger partial charge < -0.3 is 14.6 Å². The van der Waals surface area contributed by atoms with Crippen molar-refractivity contribution in [3.63, 3.8) is 0 Å². The van der Waals surface area contributed by atoms with Gasteiger partial charge in [0.05, 0.1) is 11.1 Å². The minimum absolute atomic E-state index is 0.0261. The van der Waals surface area contributed by atoms with Crippen molar-refractivity contribution >= 4 is 29.2 Å². The van der Waals surface area contributed by atoms with E-state index < -0.39 is 0 Å². The summed E-state index contributed by atoms with van der Waals surface area (Å²) in [5.74, 6) is 0.661. The van der Waals surface area contributed by atoms with Gasteiger partial charge in [-0.3, -0.25) is 24.2 Å². The maximum Gasteiger partial charge on any atom is 0.270 e. The Balaban J connectivity index is 1.47. The summed E-state index contributed by atoms with van der Waals surface area (Å²) in [6.45, 7) is 1.83. The number of H-pyrrole nitrogens is 1. The van der Waals surface area contributed by atoms with Crippen molar-refractivity contribution in [1.29, 1.82) is 0 Å². The summed E-state index contributed by atoms with van der Waals surface area (Å²) in [4.78, 5) is 44.9. The lowest BCUT2D eigenvalue weighted by molar-refractivity contribution is 0.0692. The summed E-state index contributed by atoms with van der Waals surface area (Å²) in [6, 6.07) is 6.86. The molecule has 138 valence electrons. The number of rotatable bonds is 2. The lowest BCUT2D eigenvalue weighted by atomic mass is 10.1. The van der Waals surface area contributed by atoms with Gasteiger partial charge >= 0.3 is 0 Å². The van der Waals surface area contributed by atoms with Crippen LogP contribution in [-0.4, -0.2) is 59.4 Å². The molecule has 1 N–H and O–H groups in total. The number of anilines is 2. The maximum absolute atomic E-state index is 12.6. The highest BCUT2D eigenvalue weighted by atomic mass is 16.5. The van der Waals surface area contributed by atoms with E-state index in [9.17, 15) is 14.4 Å². The standard InChI is InChI=1S/C19H18N4O4/c1-21-17(24)12-5-4-11(8-13(12)18(21)25)23-10-27-15-9-14(20-16(15)23)19(26)22-6-2-3-7-22/h4-5,8-9,20H,2-3,6-7,10H2,1H3. The molecule has 0 atom stereocenters. The first-order valence-corrected chi connectivity index (χ1v) is 8.93. The number of imide groups is 1. The van der Waals surface area contributed by atoms with Gasteiger partial charge in [0.2, 0.25) is 0 Å². The number of aromatic nitrogens is 1. The summed E-state index contributed by atoms with van der Waals surface area (Å²) >= 11 is 0. The van der Waals surface area contributed by atoms with E-state index in [1.807, 2.05) is 9.80 Å². The molecule has 1 aromatic carbocycles. The van der Waals surface area contributed by atoms with Crippen molar-refractivity contribution < 1.29 is 19.1 Å². The topological polar surface area (TPSA) is 85.9 Å². The van der Waals surface area contributed by atoms with Crippen molar-refractivity contribution in [1.82, 2.24) is 14.8 Å². The number of hydrogen-bond acceptors (Lipinski definition) is 5. The number of carbonyl (C=O) groups is 3. The predicted molar refractivity (Wildman–Crippen MR) is 96.4 cm³/mol. The third kappa shape index (κ3) is 2.26. The Morgan fingerprint density at radius 2 is 1.81 bits per heavy atom. The van der Waals surface area contributed by atoms with Crippen LogP contribution in [0.2, 0.25) is 0 Å². The van der Waals surface area contributed by atoms with Crippen LogP contribution in [0, 0.1) is 0 Å². The van der Waals surface area contributed by atoms with Crippen LogP contribution in [0.25, 0.3) is 0 Å². The molecular formula is C19H18N4O4. The van der Waals surface area contributed by atoms with Gasteiger partial charge in [-0.2, -0.15) is 0 Å². The fraction of sp³-hybridized carbons (Fsp3) is 0.316. The first-order valence-electron chi connectivity index (χ1n) is 8.93. The van der Waals surface area contributed by atoms with E-state index in [1.54, 1.807) is 24.3 Å². The molecule has 2 aromatic rings. The van der Waals surface area contributed by atoms with Crippen LogP contribution in [0.5, 0.6) is 5.75 Å². The molecule has 0 spiro atoms. The number of nitrogens with zero attached hydrogens (tertiary/aromatic N) is 3. The van der Waals surface area contributed by atoms with Crippen LogP contribution in [0.1, 0.15) is 44.0 Å².